The molecule has 35 heavy (non-hydrogen) atoms. The Morgan fingerprint density at radius 3 is 2.46 bits per heavy atom. The molecule has 2 amide bonds. The van der Waals surface area contributed by atoms with E-state index in [1.165, 1.54) is 26.4 Å². The summed E-state index contributed by atoms with van der Waals surface area (Å²) in [5, 5.41) is 5.42. The van der Waals surface area contributed by atoms with Gasteiger partial charge in [0.1, 0.15) is 18.0 Å². The van der Waals surface area contributed by atoms with E-state index in [0.717, 1.165) is 16.1 Å². The normalized spacial score (nSPS) is 10.8. The second-order valence-electron chi connectivity index (χ2n) is 7.45. The van der Waals surface area contributed by atoms with Crippen LogP contribution in [0.3, 0.4) is 0 Å². The number of nitrogens with zero attached hydrogens (tertiary/aromatic N) is 2. The molecule has 1 heterocycles. The molecule has 0 aliphatic carbocycles. The van der Waals surface area contributed by atoms with Gasteiger partial charge in [-0.1, -0.05) is 18.2 Å². The second kappa shape index (κ2) is 11.3. The summed E-state index contributed by atoms with van der Waals surface area (Å²) in [6, 6.07) is 14.6. The van der Waals surface area contributed by atoms with Crippen molar-refractivity contribution in [3.05, 3.63) is 78.1 Å². The van der Waals surface area contributed by atoms with Crippen molar-refractivity contribution in [1.29, 1.82) is 0 Å². The lowest BCUT2D eigenvalue weighted by molar-refractivity contribution is -0.114. The molecule has 0 atom stereocenters. The summed E-state index contributed by atoms with van der Waals surface area (Å²) in [5.41, 5.74) is 1.47. The Hall–Kier alpha value is -4.12. The van der Waals surface area contributed by atoms with Gasteiger partial charge in [-0.05, 0) is 35.9 Å². The van der Waals surface area contributed by atoms with Crippen LogP contribution in [0.5, 0.6) is 11.5 Å². The number of sulfonamides is 1. The molecule has 1 aromatic heterocycles. The number of hydrogen-bond acceptors (Lipinski definition) is 7. The van der Waals surface area contributed by atoms with Crippen LogP contribution in [-0.2, 0) is 21.4 Å². The smallest absolute Gasteiger partial charge is 0.253 e. The van der Waals surface area contributed by atoms with E-state index in [-0.39, 0.29) is 29.2 Å². The lowest BCUT2D eigenvalue weighted by Crippen LogP contribution is -2.38. The van der Waals surface area contributed by atoms with E-state index in [1.807, 2.05) is 6.07 Å². The predicted octanol–water partition coefficient (Wildman–Crippen LogP) is 2.43. The van der Waals surface area contributed by atoms with Crippen molar-refractivity contribution in [1.82, 2.24) is 10.3 Å². The molecule has 184 valence electrons. The summed E-state index contributed by atoms with van der Waals surface area (Å²) in [7, 11) is -0.996. The SMILES string of the molecule is COc1ccc(N(CC(=O)Nc2ccccc2C(=O)NCc2cccnc2)S(C)(=O)=O)c(OC)c1. The maximum absolute atomic E-state index is 12.9. The number of ether oxygens (including phenoxy) is 2. The van der Waals surface area contributed by atoms with E-state index in [1.54, 1.807) is 48.8 Å². The highest BCUT2D eigenvalue weighted by molar-refractivity contribution is 7.92. The zero-order valence-corrected chi connectivity index (χ0v) is 20.3. The number of carbonyl (C=O) groups is 2. The van der Waals surface area contributed by atoms with Gasteiger partial charge in [0.25, 0.3) is 5.91 Å². The number of hydrogen-bond donors (Lipinski definition) is 2. The van der Waals surface area contributed by atoms with Gasteiger partial charge in [0.05, 0.1) is 37.4 Å². The third-order valence-corrected chi connectivity index (χ3v) is 6.09. The first-order valence-electron chi connectivity index (χ1n) is 10.5. The van der Waals surface area contributed by atoms with Gasteiger partial charge in [0.15, 0.2) is 0 Å². The molecule has 0 fully saturated rings. The highest BCUT2D eigenvalue weighted by Gasteiger charge is 2.25. The third kappa shape index (κ3) is 6.70. The van der Waals surface area contributed by atoms with E-state index < -0.39 is 28.4 Å². The molecule has 3 aromatic rings. The van der Waals surface area contributed by atoms with Crippen molar-refractivity contribution in [3.8, 4) is 11.5 Å². The van der Waals surface area contributed by atoms with Crippen molar-refractivity contribution < 1.29 is 27.5 Å². The van der Waals surface area contributed by atoms with Gasteiger partial charge in [0.2, 0.25) is 15.9 Å². The fraction of sp³-hybridized carbons (Fsp3) is 0.208. The van der Waals surface area contributed by atoms with Gasteiger partial charge in [-0.15, -0.1) is 0 Å². The number of amides is 2. The molecule has 0 radical (unpaired) electrons. The first-order chi connectivity index (χ1) is 16.7. The molecule has 0 saturated carbocycles. The summed E-state index contributed by atoms with van der Waals surface area (Å²) >= 11 is 0. The van der Waals surface area contributed by atoms with Crippen LogP contribution in [0.2, 0.25) is 0 Å². The average Bonchev–Trinajstić information content (AvgIpc) is 2.85. The monoisotopic (exact) mass is 498 g/mol. The maximum Gasteiger partial charge on any atom is 0.253 e. The maximum atomic E-state index is 12.9. The van der Waals surface area contributed by atoms with Crippen LogP contribution in [0.25, 0.3) is 0 Å². The van der Waals surface area contributed by atoms with Crippen molar-refractivity contribution in [3.63, 3.8) is 0 Å². The van der Waals surface area contributed by atoms with E-state index in [2.05, 4.69) is 15.6 Å². The summed E-state index contributed by atoms with van der Waals surface area (Å²) in [6.07, 6.45) is 4.27. The molecule has 2 aromatic carbocycles. The molecule has 0 aliphatic heterocycles. The van der Waals surface area contributed by atoms with Gasteiger partial charge in [-0.3, -0.25) is 18.9 Å². The topological polar surface area (TPSA) is 127 Å². The number of methoxy groups -OCH3 is 2. The molecule has 11 heteroatoms. The molecule has 0 bridgehead atoms. The van der Waals surface area contributed by atoms with E-state index >= 15 is 0 Å². The highest BCUT2D eigenvalue weighted by Crippen LogP contribution is 2.33. The van der Waals surface area contributed by atoms with Gasteiger partial charge in [-0.25, -0.2) is 8.42 Å². The fourth-order valence-electron chi connectivity index (χ4n) is 3.26. The molecule has 0 unspecified atom stereocenters. The second-order valence-corrected chi connectivity index (χ2v) is 9.35. The number of rotatable bonds is 10. The van der Waals surface area contributed by atoms with Crippen molar-refractivity contribution >= 4 is 33.2 Å². The Kier molecular flexibility index (Phi) is 8.26. The molecule has 0 saturated heterocycles. The van der Waals surface area contributed by atoms with Gasteiger partial charge >= 0.3 is 0 Å². The zero-order chi connectivity index (χ0) is 25.4. The van der Waals surface area contributed by atoms with E-state index in [9.17, 15) is 18.0 Å². The predicted molar refractivity (Wildman–Crippen MR) is 132 cm³/mol. The van der Waals surface area contributed by atoms with Gasteiger partial charge in [-0.2, -0.15) is 0 Å². The Morgan fingerprint density at radius 1 is 1.03 bits per heavy atom. The van der Waals surface area contributed by atoms with Crippen LogP contribution in [0.4, 0.5) is 11.4 Å². The minimum Gasteiger partial charge on any atom is -0.497 e. The zero-order valence-electron chi connectivity index (χ0n) is 19.5. The quantitative estimate of drug-likeness (QED) is 0.440. The number of benzene rings is 2. The Morgan fingerprint density at radius 2 is 1.80 bits per heavy atom. The number of pyridine rings is 1. The minimum absolute atomic E-state index is 0.174. The molecule has 0 aliphatic rings. The van der Waals surface area contributed by atoms with Gasteiger partial charge < -0.3 is 20.1 Å². The summed E-state index contributed by atoms with van der Waals surface area (Å²) in [6.45, 7) is -0.277. The lowest BCUT2D eigenvalue weighted by atomic mass is 10.1. The first-order valence-corrected chi connectivity index (χ1v) is 12.3. The van der Waals surface area contributed by atoms with Crippen LogP contribution in [0.1, 0.15) is 15.9 Å². The molecule has 3 rings (SSSR count). The molecule has 2 N–H and O–H groups in total. The highest BCUT2D eigenvalue weighted by atomic mass is 32.2. The molecular weight excluding hydrogens is 472 g/mol. The largest absolute Gasteiger partial charge is 0.497 e. The Bertz CT molecular complexity index is 1300. The fourth-order valence-corrected chi connectivity index (χ4v) is 4.12. The molecule has 0 spiro atoms. The third-order valence-electron chi connectivity index (χ3n) is 4.96. The van der Waals surface area contributed by atoms with Gasteiger partial charge in [0, 0.05) is 25.0 Å². The number of anilines is 2. The first kappa shape index (κ1) is 25.5. The van der Waals surface area contributed by atoms with E-state index in [0.29, 0.717) is 5.75 Å². The van der Waals surface area contributed by atoms with Crippen LogP contribution in [-0.4, -0.2) is 52.2 Å². The van der Waals surface area contributed by atoms with Crippen molar-refractivity contribution in [2.24, 2.45) is 0 Å². The summed E-state index contributed by atoms with van der Waals surface area (Å²) in [4.78, 5) is 29.7. The van der Waals surface area contributed by atoms with Crippen LogP contribution in [0.15, 0.2) is 67.0 Å². The molecule has 10 nitrogen and oxygen atoms in total. The van der Waals surface area contributed by atoms with Crippen molar-refractivity contribution in [2.45, 2.75) is 6.54 Å². The van der Waals surface area contributed by atoms with Crippen LogP contribution >= 0.6 is 0 Å². The summed E-state index contributed by atoms with van der Waals surface area (Å²) in [5.74, 6) is -0.352. The van der Waals surface area contributed by atoms with Crippen molar-refractivity contribution in [2.75, 3.05) is 36.6 Å². The van der Waals surface area contributed by atoms with Crippen LogP contribution in [0, 0.1) is 0 Å². The average molecular weight is 499 g/mol. The molecular formula is C24H26N4O6S. The summed E-state index contributed by atoms with van der Waals surface area (Å²) < 4.78 is 36.4. The minimum atomic E-state index is -3.86. The van der Waals surface area contributed by atoms with E-state index in [4.69, 9.17) is 9.47 Å². The number of nitrogens with one attached hydrogen (secondary N) is 2. The number of aromatic nitrogens is 1. The van der Waals surface area contributed by atoms with Crippen LogP contribution < -0.4 is 24.4 Å². The Labute approximate surface area is 203 Å². The lowest BCUT2D eigenvalue weighted by Gasteiger charge is -2.24. The standard InChI is InChI=1S/C24H26N4O6S/c1-33-18-10-11-21(22(13-18)34-2)28(35(3,31)32)16-23(29)27-20-9-5-4-8-19(20)24(30)26-15-17-7-6-12-25-14-17/h4-14H,15-16H2,1-3H3,(H,26,30)(H,27,29). The number of carbonyl (C=O) groups excluding carboxylic acids is 2. The number of para-hydroxylation sites is 1. The Balaban J connectivity index is 1.78.